The zero-order chi connectivity index (χ0) is 16.9. The zero-order valence-corrected chi connectivity index (χ0v) is 13.8. The number of aromatic hydroxyl groups is 1. The second kappa shape index (κ2) is 7.36. The lowest BCUT2D eigenvalue weighted by atomic mass is 10.2. The van der Waals surface area contributed by atoms with E-state index >= 15 is 0 Å². The number of hydrazone groups is 1. The van der Waals surface area contributed by atoms with Crippen molar-refractivity contribution < 1.29 is 9.90 Å². The molecule has 0 unspecified atom stereocenters. The van der Waals surface area contributed by atoms with Gasteiger partial charge in [0.2, 0.25) is 0 Å². The van der Waals surface area contributed by atoms with Crippen LogP contribution in [-0.4, -0.2) is 30.3 Å². The fourth-order valence-corrected chi connectivity index (χ4v) is 2.83. The Morgan fingerprint density at radius 2 is 1.88 bits per heavy atom. The first-order valence-electron chi connectivity index (χ1n) is 7.80. The minimum absolute atomic E-state index is 0.0485. The van der Waals surface area contributed by atoms with Gasteiger partial charge in [0.05, 0.1) is 6.21 Å². The first-order valence-corrected chi connectivity index (χ1v) is 8.18. The SMILES string of the molecule is O=C(N/N=C\c1cc(Cl)ccc1O)c1ccc(N2CCCC2)cc1. The number of nitrogens with one attached hydrogen (secondary N) is 1. The third kappa shape index (κ3) is 3.86. The Labute approximate surface area is 145 Å². The second-order valence-electron chi connectivity index (χ2n) is 5.64. The molecule has 1 amide bonds. The quantitative estimate of drug-likeness (QED) is 0.660. The Hall–Kier alpha value is -2.53. The van der Waals surface area contributed by atoms with Gasteiger partial charge in [0.1, 0.15) is 5.75 Å². The number of anilines is 1. The number of phenols is 1. The van der Waals surface area contributed by atoms with Crippen molar-refractivity contribution in [2.45, 2.75) is 12.8 Å². The highest BCUT2D eigenvalue weighted by molar-refractivity contribution is 6.30. The maximum absolute atomic E-state index is 12.1. The monoisotopic (exact) mass is 343 g/mol. The van der Waals surface area contributed by atoms with Gasteiger partial charge in [-0.3, -0.25) is 4.79 Å². The Morgan fingerprint density at radius 3 is 2.58 bits per heavy atom. The molecule has 0 spiro atoms. The third-order valence-electron chi connectivity index (χ3n) is 3.96. The van der Waals surface area contributed by atoms with Gasteiger partial charge >= 0.3 is 0 Å². The van der Waals surface area contributed by atoms with Crippen LogP contribution in [0.1, 0.15) is 28.8 Å². The predicted molar refractivity (Wildman–Crippen MR) is 96.1 cm³/mol. The van der Waals surface area contributed by atoms with E-state index in [0.717, 1.165) is 18.8 Å². The number of hydrogen-bond donors (Lipinski definition) is 2. The van der Waals surface area contributed by atoms with Crippen LogP contribution in [0, 0.1) is 0 Å². The Morgan fingerprint density at radius 1 is 1.17 bits per heavy atom. The molecule has 1 aliphatic heterocycles. The van der Waals surface area contributed by atoms with Crippen LogP contribution in [0.25, 0.3) is 0 Å². The van der Waals surface area contributed by atoms with E-state index in [0.29, 0.717) is 16.1 Å². The van der Waals surface area contributed by atoms with Crippen LogP contribution in [0.5, 0.6) is 5.75 Å². The summed E-state index contributed by atoms with van der Waals surface area (Å²) in [6.45, 7) is 2.14. The molecule has 0 aliphatic carbocycles. The van der Waals surface area contributed by atoms with E-state index in [4.69, 9.17) is 11.6 Å². The Kier molecular flexibility index (Phi) is 5.01. The topological polar surface area (TPSA) is 64.9 Å². The number of phenolic OH excluding ortho intramolecular Hbond substituents is 1. The fraction of sp³-hybridized carbons (Fsp3) is 0.222. The van der Waals surface area contributed by atoms with Crippen molar-refractivity contribution in [3.05, 3.63) is 58.6 Å². The summed E-state index contributed by atoms with van der Waals surface area (Å²) in [4.78, 5) is 14.4. The highest BCUT2D eigenvalue weighted by atomic mass is 35.5. The lowest BCUT2D eigenvalue weighted by molar-refractivity contribution is 0.0955. The van der Waals surface area contributed by atoms with Gasteiger partial charge < -0.3 is 10.0 Å². The number of amides is 1. The van der Waals surface area contributed by atoms with Crippen molar-refractivity contribution in [3.8, 4) is 5.75 Å². The Bertz CT molecular complexity index is 753. The van der Waals surface area contributed by atoms with Crippen molar-refractivity contribution in [2.75, 3.05) is 18.0 Å². The van der Waals surface area contributed by atoms with Crippen LogP contribution in [-0.2, 0) is 0 Å². The Balaban J connectivity index is 1.62. The molecule has 3 rings (SSSR count). The summed E-state index contributed by atoms with van der Waals surface area (Å²) in [5, 5.41) is 14.0. The number of nitrogens with zero attached hydrogens (tertiary/aromatic N) is 2. The van der Waals surface area contributed by atoms with Gasteiger partial charge in [-0.05, 0) is 55.3 Å². The highest BCUT2D eigenvalue weighted by Gasteiger charge is 2.12. The number of halogens is 1. The molecule has 1 aliphatic rings. The summed E-state index contributed by atoms with van der Waals surface area (Å²) in [5.41, 5.74) is 4.55. The second-order valence-corrected chi connectivity index (χ2v) is 6.08. The average molecular weight is 344 g/mol. The molecule has 6 heteroatoms. The molecular formula is C18H18ClN3O2. The van der Waals surface area contributed by atoms with Gasteiger partial charge in [0.15, 0.2) is 0 Å². The number of carbonyl (C=O) groups is 1. The lowest BCUT2D eigenvalue weighted by Gasteiger charge is -2.17. The van der Waals surface area contributed by atoms with E-state index in [1.807, 2.05) is 12.1 Å². The van der Waals surface area contributed by atoms with Crippen LogP contribution in [0.3, 0.4) is 0 Å². The molecule has 0 radical (unpaired) electrons. The van der Waals surface area contributed by atoms with Crippen molar-refractivity contribution >= 4 is 29.4 Å². The molecule has 0 aromatic heterocycles. The summed E-state index contributed by atoms with van der Waals surface area (Å²) < 4.78 is 0. The lowest BCUT2D eigenvalue weighted by Crippen LogP contribution is -2.19. The van der Waals surface area contributed by atoms with Crippen LogP contribution < -0.4 is 10.3 Å². The number of carbonyl (C=O) groups excluding carboxylic acids is 1. The standard InChI is InChI=1S/C18H18ClN3O2/c19-15-5-8-17(23)14(11-15)12-20-21-18(24)13-3-6-16(7-4-13)22-9-1-2-10-22/h3-8,11-12,23H,1-2,9-10H2,(H,21,24)/b20-12-. The minimum Gasteiger partial charge on any atom is -0.507 e. The fourth-order valence-electron chi connectivity index (χ4n) is 2.65. The summed E-state index contributed by atoms with van der Waals surface area (Å²) in [6.07, 6.45) is 3.79. The molecule has 1 saturated heterocycles. The van der Waals surface area contributed by atoms with Gasteiger partial charge in [-0.2, -0.15) is 5.10 Å². The van der Waals surface area contributed by atoms with E-state index in [2.05, 4.69) is 15.4 Å². The van der Waals surface area contributed by atoms with Crippen molar-refractivity contribution in [2.24, 2.45) is 5.10 Å². The van der Waals surface area contributed by atoms with E-state index in [9.17, 15) is 9.90 Å². The van der Waals surface area contributed by atoms with Crippen LogP contribution >= 0.6 is 11.6 Å². The van der Waals surface area contributed by atoms with E-state index in [1.54, 1.807) is 24.3 Å². The molecular weight excluding hydrogens is 326 g/mol. The largest absolute Gasteiger partial charge is 0.507 e. The van der Waals surface area contributed by atoms with Gasteiger partial charge in [-0.25, -0.2) is 5.43 Å². The zero-order valence-electron chi connectivity index (χ0n) is 13.1. The average Bonchev–Trinajstić information content (AvgIpc) is 3.12. The summed E-state index contributed by atoms with van der Waals surface area (Å²) in [7, 11) is 0. The predicted octanol–water partition coefficient (Wildman–Crippen LogP) is 3.41. The van der Waals surface area contributed by atoms with Crippen LogP contribution in [0.15, 0.2) is 47.6 Å². The molecule has 2 aromatic carbocycles. The van der Waals surface area contributed by atoms with E-state index in [-0.39, 0.29) is 11.7 Å². The molecule has 124 valence electrons. The van der Waals surface area contributed by atoms with Crippen LogP contribution in [0.2, 0.25) is 5.02 Å². The molecule has 0 bridgehead atoms. The molecule has 1 heterocycles. The molecule has 0 atom stereocenters. The molecule has 1 fully saturated rings. The summed E-state index contributed by atoms with van der Waals surface area (Å²) in [6, 6.07) is 12.1. The molecule has 5 nitrogen and oxygen atoms in total. The normalized spacial score (nSPS) is 14.3. The van der Waals surface area contributed by atoms with Crippen LogP contribution in [0.4, 0.5) is 5.69 Å². The van der Waals surface area contributed by atoms with Crippen molar-refractivity contribution in [1.29, 1.82) is 0 Å². The third-order valence-corrected chi connectivity index (χ3v) is 4.20. The molecule has 0 saturated carbocycles. The van der Waals surface area contributed by atoms with Gasteiger partial charge in [0, 0.05) is 34.9 Å². The van der Waals surface area contributed by atoms with Crippen molar-refractivity contribution in [1.82, 2.24) is 5.43 Å². The first-order chi connectivity index (χ1) is 11.6. The number of hydrogen-bond acceptors (Lipinski definition) is 4. The molecule has 2 N–H and O–H groups in total. The first kappa shape index (κ1) is 16.3. The molecule has 2 aromatic rings. The maximum atomic E-state index is 12.1. The van der Waals surface area contributed by atoms with Gasteiger partial charge in [-0.1, -0.05) is 11.6 Å². The highest BCUT2D eigenvalue weighted by Crippen LogP contribution is 2.21. The smallest absolute Gasteiger partial charge is 0.271 e. The van der Waals surface area contributed by atoms with E-state index < -0.39 is 0 Å². The number of benzene rings is 2. The minimum atomic E-state index is -0.305. The van der Waals surface area contributed by atoms with E-state index in [1.165, 1.54) is 25.1 Å². The number of rotatable bonds is 4. The summed E-state index contributed by atoms with van der Waals surface area (Å²) in [5.74, 6) is -0.256. The van der Waals surface area contributed by atoms with Crippen molar-refractivity contribution in [3.63, 3.8) is 0 Å². The van der Waals surface area contributed by atoms with Gasteiger partial charge in [-0.15, -0.1) is 0 Å². The van der Waals surface area contributed by atoms with Gasteiger partial charge in [0.25, 0.3) is 5.91 Å². The summed E-state index contributed by atoms with van der Waals surface area (Å²) >= 11 is 5.86. The molecule has 24 heavy (non-hydrogen) atoms. The maximum Gasteiger partial charge on any atom is 0.271 e.